The number of hydrogen-bond acceptors (Lipinski definition) is 7. The van der Waals surface area contributed by atoms with Crippen molar-refractivity contribution in [2.45, 2.75) is 40.7 Å². The molecular weight excluding hydrogens is 500 g/mol. The van der Waals surface area contributed by atoms with E-state index in [1.165, 1.54) is 6.92 Å². The highest BCUT2D eigenvalue weighted by Gasteiger charge is 2.36. The van der Waals surface area contributed by atoms with Gasteiger partial charge in [-0.05, 0) is 63.4 Å². The number of ketones is 1. The minimum Gasteiger partial charge on any atom is -0.496 e. The SMILES string of the molecule is COc1ccc(-c2ccc(C3=N[C@@H](C(C)C(=O)O)c4nnc(C)n4-c4sc(C)c(C)c43)cc2)cc1C(C)=O. The van der Waals surface area contributed by atoms with Crippen molar-refractivity contribution in [1.82, 2.24) is 14.8 Å². The summed E-state index contributed by atoms with van der Waals surface area (Å²) in [6.45, 7) is 9.18. The Morgan fingerprint density at radius 2 is 1.68 bits per heavy atom. The highest BCUT2D eigenvalue weighted by Crippen LogP contribution is 2.41. The molecule has 1 aliphatic rings. The van der Waals surface area contributed by atoms with Gasteiger partial charge in [0, 0.05) is 16.0 Å². The van der Waals surface area contributed by atoms with Gasteiger partial charge in [0.25, 0.3) is 0 Å². The van der Waals surface area contributed by atoms with Gasteiger partial charge in [0.05, 0.1) is 24.3 Å². The number of aryl methyl sites for hydroxylation is 2. The van der Waals surface area contributed by atoms with E-state index in [9.17, 15) is 14.7 Å². The summed E-state index contributed by atoms with van der Waals surface area (Å²) < 4.78 is 7.29. The number of rotatable bonds is 6. The van der Waals surface area contributed by atoms with E-state index in [1.54, 1.807) is 31.4 Å². The first kappa shape index (κ1) is 25.5. The molecule has 194 valence electrons. The van der Waals surface area contributed by atoms with Crippen LogP contribution in [0.1, 0.15) is 63.5 Å². The lowest BCUT2D eigenvalue weighted by Crippen LogP contribution is -2.21. The number of ether oxygens (including phenoxy) is 1. The molecule has 4 aromatic rings. The van der Waals surface area contributed by atoms with Crippen molar-refractivity contribution >= 4 is 28.8 Å². The van der Waals surface area contributed by atoms with Crippen molar-refractivity contribution < 1.29 is 19.4 Å². The Morgan fingerprint density at radius 3 is 2.32 bits per heavy atom. The zero-order valence-electron chi connectivity index (χ0n) is 22.1. The second kappa shape index (κ2) is 9.64. The van der Waals surface area contributed by atoms with E-state index in [2.05, 4.69) is 24.0 Å². The van der Waals surface area contributed by atoms with E-state index in [0.717, 1.165) is 43.4 Å². The Labute approximate surface area is 224 Å². The molecule has 2 atom stereocenters. The quantitative estimate of drug-likeness (QED) is 0.320. The van der Waals surface area contributed by atoms with Crippen LogP contribution in [0, 0.1) is 26.7 Å². The molecule has 3 heterocycles. The van der Waals surface area contributed by atoms with E-state index in [-0.39, 0.29) is 5.78 Å². The van der Waals surface area contributed by atoms with Gasteiger partial charge in [-0.2, -0.15) is 0 Å². The third-order valence-electron chi connectivity index (χ3n) is 7.12. The monoisotopic (exact) mass is 528 g/mol. The summed E-state index contributed by atoms with van der Waals surface area (Å²) in [5.74, 6) is -0.0441. The zero-order valence-corrected chi connectivity index (χ0v) is 22.9. The van der Waals surface area contributed by atoms with Crippen LogP contribution in [-0.2, 0) is 4.79 Å². The van der Waals surface area contributed by atoms with Crippen LogP contribution in [0.2, 0.25) is 0 Å². The predicted molar refractivity (Wildman–Crippen MR) is 147 cm³/mol. The Morgan fingerprint density at radius 1 is 1.03 bits per heavy atom. The number of Topliss-reactive ketones (excluding diaryl/α,β-unsaturated/α-hetero) is 1. The second-order valence-corrected chi connectivity index (χ2v) is 10.7. The molecule has 5 rings (SSSR count). The number of carboxylic acid groups (broad SMARTS) is 1. The molecule has 2 aromatic carbocycles. The molecule has 0 saturated carbocycles. The Bertz CT molecular complexity index is 1610. The molecule has 0 amide bonds. The topological polar surface area (TPSA) is 107 Å². The smallest absolute Gasteiger partial charge is 0.308 e. The minimum absolute atomic E-state index is 0.0650. The maximum Gasteiger partial charge on any atom is 0.308 e. The summed E-state index contributed by atoms with van der Waals surface area (Å²) in [7, 11) is 1.55. The highest BCUT2D eigenvalue weighted by atomic mass is 32.1. The maximum absolute atomic E-state index is 12.1. The van der Waals surface area contributed by atoms with Gasteiger partial charge >= 0.3 is 5.97 Å². The van der Waals surface area contributed by atoms with Crippen LogP contribution in [-0.4, -0.2) is 44.4 Å². The number of carboxylic acids is 1. The predicted octanol–water partition coefficient (Wildman–Crippen LogP) is 5.75. The Kier molecular flexibility index (Phi) is 6.48. The van der Waals surface area contributed by atoms with Gasteiger partial charge in [-0.25, -0.2) is 0 Å². The van der Waals surface area contributed by atoms with Crippen molar-refractivity contribution in [2.75, 3.05) is 7.11 Å². The molecular formula is C29H28N4O4S. The van der Waals surface area contributed by atoms with E-state index < -0.39 is 17.9 Å². The van der Waals surface area contributed by atoms with Gasteiger partial charge in [0.15, 0.2) is 11.6 Å². The fraction of sp³-hybridized carbons (Fsp3) is 0.276. The molecule has 1 unspecified atom stereocenters. The third-order valence-corrected chi connectivity index (χ3v) is 8.32. The summed E-state index contributed by atoms with van der Waals surface area (Å²) in [4.78, 5) is 30.4. The van der Waals surface area contributed by atoms with Crippen LogP contribution in [0.25, 0.3) is 16.1 Å². The number of fused-ring (bicyclic) bond motifs is 3. The van der Waals surface area contributed by atoms with Crippen molar-refractivity contribution in [3.63, 3.8) is 0 Å². The van der Waals surface area contributed by atoms with Crippen LogP contribution in [0.15, 0.2) is 47.5 Å². The average Bonchev–Trinajstić information content (AvgIpc) is 3.37. The number of aliphatic carboxylic acids is 1. The molecule has 0 saturated heterocycles. The first-order chi connectivity index (χ1) is 18.1. The number of benzene rings is 2. The molecule has 8 nitrogen and oxygen atoms in total. The lowest BCUT2D eigenvalue weighted by atomic mass is 9.95. The average molecular weight is 529 g/mol. The normalized spacial score (nSPS) is 15.2. The van der Waals surface area contributed by atoms with E-state index in [4.69, 9.17) is 9.73 Å². The molecule has 38 heavy (non-hydrogen) atoms. The van der Waals surface area contributed by atoms with Gasteiger partial charge in [-0.15, -0.1) is 21.5 Å². The lowest BCUT2D eigenvalue weighted by molar-refractivity contribution is -0.141. The molecule has 0 bridgehead atoms. The van der Waals surface area contributed by atoms with Gasteiger partial charge in [0.2, 0.25) is 0 Å². The van der Waals surface area contributed by atoms with Crippen LogP contribution < -0.4 is 4.74 Å². The molecule has 9 heteroatoms. The molecule has 2 aromatic heterocycles. The van der Waals surface area contributed by atoms with Crippen molar-refractivity contribution in [3.8, 4) is 21.9 Å². The summed E-state index contributed by atoms with van der Waals surface area (Å²) in [6, 6.07) is 12.8. The standard InChI is InChI=1S/C29H28N4O4S/c1-14-17(4)38-28-24(14)26(30-25(15(2)29(35)36)27-32-31-18(5)33(27)28)20-9-7-19(8-10-20)21-11-12-23(37-6)22(13-21)16(3)34/h7-13,15,25H,1-6H3,(H,35,36)/t15?,25-/m0/s1. The van der Waals surface area contributed by atoms with Crippen LogP contribution in [0.5, 0.6) is 5.75 Å². The molecule has 0 radical (unpaired) electrons. The number of carbonyl (C=O) groups is 2. The summed E-state index contributed by atoms with van der Waals surface area (Å²) >= 11 is 1.63. The largest absolute Gasteiger partial charge is 0.496 e. The first-order valence-electron chi connectivity index (χ1n) is 12.2. The fourth-order valence-corrected chi connectivity index (χ4v) is 6.01. The minimum atomic E-state index is -0.945. The maximum atomic E-state index is 12.1. The third kappa shape index (κ3) is 4.12. The van der Waals surface area contributed by atoms with Gasteiger partial charge < -0.3 is 9.84 Å². The zero-order chi connectivity index (χ0) is 27.3. The Hall–Kier alpha value is -4.11. The van der Waals surface area contributed by atoms with Gasteiger partial charge in [0.1, 0.15) is 22.6 Å². The van der Waals surface area contributed by atoms with Crippen LogP contribution >= 0.6 is 11.3 Å². The number of hydrogen-bond donors (Lipinski definition) is 1. The molecule has 1 N–H and O–H groups in total. The second-order valence-electron chi connectivity index (χ2n) is 9.50. The molecule has 0 aliphatic carbocycles. The van der Waals surface area contributed by atoms with E-state index in [0.29, 0.717) is 23.0 Å². The highest BCUT2D eigenvalue weighted by molar-refractivity contribution is 7.15. The number of aliphatic imine (C=N–C) groups is 1. The number of aromatic nitrogens is 3. The van der Waals surface area contributed by atoms with Crippen molar-refractivity contribution in [3.05, 3.63) is 81.2 Å². The molecule has 0 spiro atoms. The lowest BCUT2D eigenvalue weighted by Gasteiger charge is -2.16. The van der Waals surface area contributed by atoms with Gasteiger partial charge in [-0.3, -0.25) is 19.1 Å². The molecule has 1 aliphatic heterocycles. The van der Waals surface area contributed by atoms with E-state index in [1.807, 2.05) is 47.9 Å². The van der Waals surface area contributed by atoms with Gasteiger partial charge in [-0.1, -0.05) is 30.3 Å². The fourth-order valence-electron chi connectivity index (χ4n) is 4.80. The number of nitrogens with zero attached hydrogens (tertiary/aromatic N) is 4. The van der Waals surface area contributed by atoms with Crippen LogP contribution in [0.3, 0.4) is 0 Å². The summed E-state index contributed by atoms with van der Waals surface area (Å²) in [6.07, 6.45) is 0. The number of methoxy groups -OCH3 is 1. The Balaban J connectivity index is 1.66. The van der Waals surface area contributed by atoms with Crippen molar-refractivity contribution in [2.24, 2.45) is 10.9 Å². The number of thiophene rings is 1. The van der Waals surface area contributed by atoms with E-state index >= 15 is 0 Å². The summed E-state index contributed by atoms with van der Waals surface area (Å²) in [5.41, 5.74) is 6.03. The van der Waals surface area contributed by atoms with Crippen molar-refractivity contribution in [1.29, 1.82) is 0 Å². The first-order valence-corrected chi connectivity index (χ1v) is 13.1. The number of carbonyl (C=O) groups excluding carboxylic acids is 1. The summed E-state index contributed by atoms with van der Waals surface area (Å²) in [5, 5.41) is 19.5. The van der Waals surface area contributed by atoms with Crippen LogP contribution in [0.4, 0.5) is 0 Å². The molecule has 0 fully saturated rings.